The third kappa shape index (κ3) is 4.32. The van der Waals surface area contributed by atoms with Crippen LogP contribution in [0.25, 0.3) is 0 Å². The summed E-state index contributed by atoms with van der Waals surface area (Å²) in [5.74, 6) is -2.63. The number of nitrogens with zero attached hydrogens (tertiary/aromatic N) is 1. The maximum atomic E-state index is 13.6. The number of ether oxygens (including phenoxy) is 2. The van der Waals surface area contributed by atoms with E-state index in [0.717, 1.165) is 0 Å². The lowest BCUT2D eigenvalue weighted by molar-refractivity contribution is -0.114. The second-order valence-electron chi connectivity index (χ2n) is 7.69. The number of amides is 1. The van der Waals surface area contributed by atoms with Crippen LogP contribution in [0.4, 0.5) is 13.6 Å². The van der Waals surface area contributed by atoms with Crippen molar-refractivity contribution in [3.8, 4) is 0 Å². The van der Waals surface area contributed by atoms with Crippen molar-refractivity contribution in [3.63, 3.8) is 0 Å². The molecule has 0 aromatic heterocycles. The van der Waals surface area contributed by atoms with E-state index in [1.165, 1.54) is 0 Å². The van der Waals surface area contributed by atoms with Gasteiger partial charge >= 0.3 is 6.09 Å². The number of alkyl halides is 2. The number of hydrogen-bond donors (Lipinski definition) is 1. The van der Waals surface area contributed by atoms with Gasteiger partial charge in [0, 0.05) is 31.3 Å². The quantitative estimate of drug-likeness (QED) is 0.843. The maximum absolute atomic E-state index is 13.6. The largest absolute Gasteiger partial charge is 0.444 e. The molecule has 7 heteroatoms. The molecule has 1 heterocycles. The monoisotopic (exact) mass is 334 g/mol. The van der Waals surface area contributed by atoms with Crippen molar-refractivity contribution in [2.75, 3.05) is 26.3 Å². The van der Waals surface area contributed by atoms with Crippen LogP contribution in [0.3, 0.4) is 0 Å². The third-order valence-electron chi connectivity index (χ3n) is 4.85. The van der Waals surface area contributed by atoms with E-state index in [9.17, 15) is 13.6 Å². The minimum atomic E-state index is -2.63. The number of nitrogens with two attached hydrogens (primary N) is 1. The first-order chi connectivity index (χ1) is 10.6. The van der Waals surface area contributed by atoms with E-state index in [4.69, 9.17) is 15.2 Å². The second-order valence-corrected chi connectivity index (χ2v) is 7.69. The lowest BCUT2D eigenvalue weighted by atomic mass is 9.67. The van der Waals surface area contributed by atoms with E-state index in [1.807, 2.05) is 0 Å². The predicted molar refractivity (Wildman–Crippen MR) is 82.4 cm³/mol. The summed E-state index contributed by atoms with van der Waals surface area (Å²) in [7, 11) is 0. The highest BCUT2D eigenvalue weighted by molar-refractivity contribution is 5.69. The molecule has 2 N–H and O–H groups in total. The smallest absolute Gasteiger partial charge is 0.410 e. The summed E-state index contributed by atoms with van der Waals surface area (Å²) in [5, 5.41) is 0. The standard InChI is InChI=1S/C16H28F2N2O3/c1-14(2,3)23-13(21)20-8-9-22-10-12(20)15(11-19)4-6-16(17,18)7-5-15/h12H,4-11,19H2,1-3H3. The molecule has 1 unspecified atom stereocenters. The zero-order valence-electron chi connectivity index (χ0n) is 14.2. The molecule has 1 aliphatic carbocycles. The van der Waals surface area contributed by atoms with Gasteiger partial charge in [-0.05, 0) is 33.6 Å². The molecule has 1 aliphatic heterocycles. The van der Waals surface area contributed by atoms with Gasteiger partial charge in [-0.2, -0.15) is 0 Å². The highest BCUT2D eigenvalue weighted by atomic mass is 19.3. The van der Waals surface area contributed by atoms with Gasteiger partial charge in [-0.25, -0.2) is 13.6 Å². The Labute approximate surface area is 136 Å². The van der Waals surface area contributed by atoms with Gasteiger partial charge in [0.2, 0.25) is 5.92 Å². The van der Waals surface area contributed by atoms with Crippen LogP contribution in [0.1, 0.15) is 46.5 Å². The zero-order chi connectivity index (χ0) is 17.3. The van der Waals surface area contributed by atoms with Gasteiger partial charge in [-0.3, -0.25) is 4.90 Å². The predicted octanol–water partition coefficient (Wildman–Crippen LogP) is 2.78. The molecule has 1 saturated carbocycles. The minimum Gasteiger partial charge on any atom is -0.444 e. The van der Waals surface area contributed by atoms with Crippen LogP contribution >= 0.6 is 0 Å². The van der Waals surface area contributed by atoms with Crippen molar-refractivity contribution >= 4 is 6.09 Å². The van der Waals surface area contributed by atoms with Crippen molar-refractivity contribution in [1.29, 1.82) is 0 Å². The fraction of sp³-hybridized carbons (Fsp3) is 0.938. The molecular formula is C16H28F2N2O3. The van der Waals surface area contributed by atoms with Crippen LogP contribution in [-0.4, -0.2) is 54.9 Å². The van der Waals surface area contributed by atoms with E-state index in [-0.39, 0.29) is 25.4 Å². The van der Waals surface area contributed by atoms with Gasteiger partial charge in [0.25, 0.3) is 0 Å². The Hall–Kier alpha value is -0.950. The Morgan fingerprint density at radius 1 is 1.30 bits per heavy atom. The fourth-order valence-electron chi connectivity index (χ4n) is 3.44. The van der Waals surface area contributed by atoms with Gasteiger partial charge < -0.3 is 15.2 Å². The van der Waals surface area contributed by atoms with Gasteiger partial charge in [0.05, 0.1) is 19.3 Å². The topological polar surface area (TPSA) is 64.8 Å². The Morgan fingerprint density at radius 2 is 1.91 bits per heavy atom. The Bertz CT molecular complexity index is 428. The van der Waals surface area contributed by atoms with Crippen molar-refractivity contribution < 1.29 is 23.0 Å². The van der Waals surface area contributed by atoms with Crippen molar-refractivity contribution in [3.05, 3.63) is 0 Å². The van der Waals surface area contributed by atoms with Crippen molar-refractivity contribution in [1.82, 2.24) is 4.90 Å². The molecular weight excluding hydrogens is 306 g/mol. The number of rotatable bonds is 2. The van der Waals surface area contributed by atoms with E-state index in [1.54, 1.807) is 25.7 Å². The molecule has 1 amide bonds. The van der Waals surface area contributed by atoms with Crippen LogP contribution in [0, 0.1) is 5.41 Å². The normalized spacial score (nSPS) is 27.6. The summed E-state index contributed by atoms with van der Waals surface area (Å²) in [5.41, 5.74) is 4.84. The molecule has 0 bridgehead atoms. The Kier molecular flexibility index (Phi) is 5.21. The first-order valence-electron chi connectivity index (χ1n) is 8.24. The molecule has 1 atom stereocenters. The van der Waals surface area contributed by atoms with E-state index in [2.05, 4.69) is 0 Å². The number of halogens is 2. The maximum Gasteiger partial charge on any atom is 0.410 e. The summed E-state index contributed by atoms with van der Waals surface area (Å²) in [4.78, 5) is 14.1. The van der Waals surface area contributed by atoms with Gasteiger partial charge in [0.15, 0.2) is 0 Å². The SMILES string of the molecule is CC(C)(C)OC(=O)N1CCOCC1C1(CN)CCC(F)(F)CC1. The number of hydrogen-bond acceptors (Lipinski definition) is 4. The lowest BCUT2D eigenvalue weighted by Gasteiger charge is -2.50. The Morgan fingerprint density at radius 3 is 2.43 bits per heavy atom. The molecule has 0 aromatic rings. The molecule has 2 rings (SSSR count). The number of carbonyl (C=O) groups is 1. The summed E-state index contributed by atoms with van der Waals surface area (Å²) < 4.78 is 38.1. The molecule has 0 radical (unpaired) electrons. The Balaban J connectivity index is 2.17. The van der Waals surface area contributed by atoms with Crippen LogP contribution in [0.15, 0.2) is 0 Å². The highest BCUT2D eigenvalue weighted by Crippen LogP contribution is 2.47. The third-order valence-corrected chi connectivity index (χ3v) is 4.85. The van der Waals surface area contributed by atoms with Crippen molar-refractivity contribution in [2.24, 2.45) is 11.1 Å². The first kappa shape index (κ1) is 18.4. The summed E-state index contributed by atoms with van der Waals surface area (Å²) in [6.07, 6.45) is -0.213. The molecule has 5 nitrogen and oxygen atoms in total. The van der Waals surface area contributed by atoms with E-state index >= 15 is 0 Å². The van der Waals surface area contributed by atoms with Crippen LogP contribution in [0.2, 0.25) is 0 Å². The van der Waals surface area contributed by atoms with E-state index < -0.39 is 23.0 Å². The zero-order valence-corrected chi connectivity index (χ0v) is 14.2. The second kappa shape index (κ2) is 6.51. The average Bonchev–Trinajstić information content (AvgIpc) is 2.46. The molecule has 134 valence electrons. The molecule has 1 saturated heterocycles. The first-order valence-corrected chi connectivity index (χ1v) is 8.24. The average molecular weight is 334 g/mol. The van der Waals surface area contributed by atoms with Crippen LogP contribution < -0.4 is 5.73 Å². The number of carbonyl (C=O) groups excluding carboxylic acids is 1. The van der Waals surface area contributed by atoms with Crippen LogP contribution in [0.5, 0.6) is 0 Å². The molecule has 0 spiro atoms. The minimum absolute atomic E-state index is 0.192. The molecule has 23 heavy (non-hydrogen) atoms. The lowest BCUT2D eigenvalue weighted by Crippen LogP contribution is -2.61. The summed E-state index contributed by atoms with van der Waals surface area (Å²) in [6.45, 7) is 6.82. The van der Waals surface area contributed by atoms with Crippen molar-refractivity contribution in [2.45, 2.75) is 64.0 Å². The molecule has 0 aromatic carbocycles. The fourth-order valence-corrected chi connectivity index (χ4v) is 3.44. The van der Waals surface area contributed by atoms with Crippen LogP contribution in [-0.2, 0) is 9.47 Å². The number of morpholine rings is 1. The molecule has 2 aliphatic rings. The van der Waals surface area contributed by atoms with Gasteiger partial charge in [-0.15, -0.1) is 0 Å². The van der Waals surface area contributed by atoms with E-state index in [0.29, 0.717) is 32.6 Å². The van der Waals surface area contributed by atoms with Gasteiger partial charge in [0.1, 0.15) is 5.60 Å². The summed E-state index contributed by atoms with van der Waals surface area (Å²) >= 11 is 0. The van der Waals surface area contributed by atoms with Gasteiger partial charge in [-0.1, -0.05) is 0 Å². The molecule has 2 fully saturated rings. The summed E-state index contributed by atoms with van der Waals surface area (Å²) in [6, 6.07) is -0.313. The highest BCUT2D eigenvalue weighted by Gasteiger charge is 2.50.